The van der Waals surface area contributed by atoms with Gasteiger partial charge in [-0.2, -0.15) is 5.26 Å². The molecule has 0 aliphatic rings. The summed E-state index contributed by atoms with van der Waals surface area (Å²) in [5.41, 5.74) is 2.31. The molecule has 158 valence electrons. The largest absolute Gasteiger partial charge is 0.488 e. The number of aromatic amines is 1. The van der Waals surface area contributed by atoms with Crippen LogP contribution in [0.4, 0.5) is 0 Å². The number of fused-ring (bicyclic) bond motifs is 2. The summed E-state index contributed by atoms with van der Waals surface area (Å²) in [5, 5.41) is 12.4. The standard InChI is InChI=1S/C28H19N3O2/c29-17-21(27-30-25-13-7-6-12-23(25)28(32)31-27)16-24-22-11-5-4-10-20(22)14-15-26(24)33-18-19-8-2-1-3-9-19/h1-16H,18H2,(H,30,31,32)/b21-16+. The van der Waals surface area contributed by atoms with Crippen molar-refractivity contribution in [3.05, 3.63) is 118 Å². The molecule has 0 saturated carbocycles. The van der Waals surface area contributed by atoms with Gasteiger partial charge in [-0.3, -0.25) is 4.79 Å². The van der Waals surface area contributed by atoms with Crippen LogP contribution in [-0.2, 0) is 6.61 Å². The molecular weight excluding hydrogens is 410 g/mol. The number of H-pyrrole nitrogens is 1. The molecule has 0 saturated heterocycles. The molecule has 5 heteroatoms. The van der Waals surface area contributed by atoms with E-state index >= 15 is 0 Å². The predicted molar refractivity (Wildman–Crippen MR) is 131 cm³/mol. The van der Waals surface area contributed by atoms with Crippen LogP contribution >= 0.6 is 0 Å². The van der Waals surface area contributed by atoms with Gasteiger partial charge >= 0.3 is 0 Å². The number of rotatable bonds is 5. The van der Waals surface area contributed by atoms with Gasteiger partial charge in [0.1, 0.15) is 18.4 Å². The van der Waals surface area contributed by atoms with Gasteiger partial charge in [-0.1, -0.05) is 72.8 Å². The Labute approximate surface area is 190 Å². The van der Waals surface area contributed by atoms with Crippen molar-refractivity contribution in [2.45, 2.75) is 6.61 Å². The lowest BCUT2D eigenvalue weighted by Gasteiger charge is -2.13. The van der Waals surface area contributed by atoms with E-state index in [1.165, 1.54) is 0 Å². The lowest BCUT2D eigenvalue weighted by atomic mass is 10.0. The monoisotopic (exact) mass is 429 g/mol. The number of benzene rings is 4. The van der Waals surface area contributed by atoms with Gasteiger partial charge in [-0.15, -0.1) is 0 Å². The smallest absolute Gasteiger partial charge is 0.259 e. The SMILES string of the molecule is N#C/C(=C\c1c(OCc2ccccc2)ccc2ccccc12)c1nc2ccccc2c(=O)[nH]1. The Hall–Kier alpha value is -4.69. The highest BCUT2D eigenvalue weighted by molar-refractivity contribution is 5.99. The van der Waals surface area contributed by atoms with Crippen LogP contribution in [0.5, 0.6) is 5.75 Å². The van der Waals surface area contributed by atoms with Crippen molar-refractivity contribution in [2.24, 2.45) is 0 Å². The molecule has 0 unspecified atom stereocenters. The molecule has 4 aromatic carbocycles. The summed E-state index contributed by atoms with van der Waals surface area (Å²) in [4.78, 5) is 19.8. The van der Waals surface area contributed by atoms with Crippen LogP contribution in [0.1, 0.15) is 17.0 Å². The Kier molecular flexibility index (Phi) is 5.40. The molecule has 1 aromatic heterocycles. The fourth-order valence-electron chi connectivity index (χ4n) is 3.80. The fourth-order valence-corrected chi connectivity index (χ4v) is 3.80. The molecule has 0 amide bonds. The first-order valence-corrected chi connectivity index (χ1v) is 10.5. The van der Waals surface area contributed by atoms with Crippen LogP contribution in [0.15, 0.2) is 95.8 Å². The maximum absolute atomic E-state index is 12.6. The van der Waals surface area contributed by atoms with E-state index in [2.05, 4.69) is 16.0 Å². The average molecular weight is 429 g/mol. The maximum Gasteiger partial charge on any atom is 0.259 e. The third-order valence-electron chi connectivity index (χ3n) is 5.44. The quantitative estimate of drug-likeness (QED) is 0.363. The number of allylic oxidation sites excluding steroid dienone is 1. The molecule has 0 atom stereocenters. The molecular formula is C28H19N3O2. The van der Waals surface area contributed by atoms with E-state index in [1.807, 2.05) is 72.8 Å². The number of hydrogen-bond acceptors (Lipinski definition) is 4. The second-order valence-corrected chi connectivity index (χ2v) is 7.57. The number of nitriles is 1. The van der Waals surface area contributed by atoms with Gasteiger partial charge < -0.3 is 9.72 Å². The summed E-state index contributed by atoms with van der Waals surface area (Å²) in [7, 11) is 0. The predicted octanol–water partition coefficient (Wildman–Crippen LogP) is 5.72. The second kappa shape index (κ2) is 8.81. The molecule has 1 heterocycles. The zero-order chi connectivity index (χ0) is 22.6. The summed E-state index contributed by atoms with van der Waals surface area (Å²) in [6, 6.07) is 31.0. The minimum Gasteiger partial charge on any atom is -0.488 e. The van der Waals surface area contributed by atoms with Gasteiger partial charge in [-0.05, 0) is 40.6 Å². The first kappa shape index (κ1) is 20.2. The summed E-state index contributed by atoms with van der Waals surface area (Å²) >= 11 is 0. The Bertz CT molecular complexity index is 1600. The summed E-state index contributed by atoms with van der Waals surface area (Å²) in [6.07, 6.45) is 1.73. The number of para-hydroxylation sites is 1. The second-order valence-electron chi connectivity index (χ2n) is 7.57. The van der Waals surface area contributed by atoms with E-state index < -0.39 is 0 Å². The van der Waals surface area contributed by atoms with E-state index in [0.717, 1.165) is 21.9 Å². The van der Waals surface area contributed by atoms with Crippen LogP contribution < -0.4 is 10.3 Å². The van der Waals surface area contributed by atoms with Crippen LogP contribution in [-0.4, -0.2) is 9.97 Å². The van der Waals surface area contributed by atoms with Crippen LogP contribution in [0.25, 0.3) is 33.3 Å². The Morgan fingerprint density at radius 3 is 2.45 bits per heavy atom. The fraction of sp³-hybridized carbons (Fsp3) is 0.0357. The Morgan fingerprint density at radius 2 is 1.64 bits per heavy atom. The normalized spacial score (nSPS) is 11.4. The van der Waals surface area contributed by atoms with Gasteiger partial charge in [0.15, 0.2) is 5.82 Å². The third kappa shape index (κ3) is 4.10. The molecule has 0 fully saturated rings. The van der Waals surface area contributed by atoms with Crippen molar-refractivity contribution >= 4 is 33.3 Å². The number of nitrogens with zero attached hydrogens (tertiary/aromatic N) is 2. The first-order chi connectivity index (χ1) is 16.2. The first-order valence-electron chi connectivity index (χ1n) is 10.5. The van der Waals surface area contributed by atoms with Gasteiger partial charge in [-0.25, -0.2) is 4.98 Å². The summed E-state index contributed by atoms with van der Waals surface area (Å²) in [5.74, 6) is 0.872. The number of hydrogen-bond donors (Lipinski definition) is 1. The van der Waals surface area contributed by atoms with Crippen molar-refractivity contribution in [1.29, 1.82) is 5.26 Å². The van der Waals surface area contributed by atoms with E-state index in [4.69, 9.17) is 4.74 Å². The lowest BCUT2D eigenvalue weighted by molar-refractivity contribution is 0.306. The molecule has 33 heavy (non-hydrogen) atoms. The highest BCUT2D eigenvalue weighted by atomic mass is 16.5. The summed E-state index contributed by atoms with van der Waals surface area (Å²) < 4.78 is 6.16. The lowest BCUT2D eigenvalue weighted by Crippen LogP contribution is -2.11. The van der Waals surface area contributed by atoms with Crippen molar-refractivity contribution < 1.29 is 4.74 Å². The molecule has 5 nitrogen and oxygen atoms in total. The van der Waals surface area contributed by atoms with E-state index in [-0.39, 0.29) is 17.0 Å². The van der Waals surface area contributed by atoms with Gasteiger partial charge in [0, 0.05) is 5.56 Å². The third-order valence-corrected chi connectivity index (χ3v) is 5.44. The highest BCUT2D eigenvalue weighted by Crippen LogP contribution is 2.32. The molecule has 5 aromatic rings. The molecule has 0 radical (unpaired) electrons. The summed E-state index contributed by atoms with van der Waals surface area (Å²) in [6.45, 7) is 0.396. The molecule has 5 rings (SSSR count). The van der Waals surface area contributed by atoms with Gasteiger partial charge in [0.2, 0.25) is 0 Å². The van der Waals surface area contributed by atoms with Crippen LogP contribution in [0, 0.1) is 11.3 Å². The van der Waals surface area contributed by atoms with E-state index in [1.54, 1.807) is 24.3 Å². The van der Waals surface area contributed by atoms with Crippen LogP contribution in [0.2, 0.25) is 0 Å². The number of ether oxygens (including phenoxy) is 1. The van der Waals surface area contributed by atoms with Gasteiger partial charge in [0.25, 0.3) is 5.56 Å². The van der Waals surface area contributed by atoms with E-state index in [9.17, 15) is 10.1 Å². The zero-order valence-electron chi connectivity index (χ0n) is 17.7. The molecule has 0 bridgehead atoms. The number of nitrogens with one attached hydrogen (secondary N) is 1. The highest BCUT2D eigenvalue weighted by Gasteiger charge is 2.13. The average Bonchev–Trinajstić information content (AvgIpc) is 2.87. The Balaban J connectivity index is 1.64. The van der Waals surface area contributed by atoms with Crippen molar-refractivity contribution in [3.8, 4) is 11.8 Å². The minimum absolute atomic E-state index is 0.225. The van der Waals surface area contributed by atoms with Crippen molar-refractivity contribution in [1.82, 2.24) is 9.97 Å². The molecule has 0 aliphatic heterocycles. The van der Waals surface area contributed by atoms with Crippen LogP contribution in [0.3, 0.4) is 0 Å². The molecule has 1 N–H and O–H groups in total. The van der Waals surface area contributed by atoms with Gasteiger partial charge in [0.05, 0.1) is 16.5 Å². The zero-order valence-corrected chi connectivity index (χ0v) is 17.7. The number of aromatic nitrogens is 2. The minimum atomic E-state index is -0.282. The maximum atomic E-state index is 12.6. The van der Waals surface area contributed by atoms with Crippen molar-refractivity contribution in [3.63, 3.8) is 0 Å². The van der Waals surface area contributed by atoms with Crippen molar-refractivity contribution in [2.75, 3.05) is 0 Å². The topological polar surface area (TPSA) is 78.8 Å². The molecule has 0 spiro atoms. The molecule has 0 aliphatic carbocycles. The Morgan fingerprint density at radius 1 is 0.909 bits per heavy atom. The van der Waals surface area contributed by atoms with E-state index in [0.29, 0.717) is 23.3 Å².